The highest BCUT2D eigenvalue weighted by atomic mass is 28.3. The third-order valence-corrected chi connectivity index (χ3v) is 4.84. The summed E-state index contributed by atoms with van der Waals surface area (Å²) >= 11 is 0. The standard InChI is InChI=1S/C15H21NO2Si/c1-11(10-19(2,3)4)9-15(18)12-7-5-6-8-13(12)16-14(15)17/h5-8,18H,1,9-10H2,2-4H3,(H,16,17)/t15-/m1/s1. The first kappa shape index (κ1) is 14.0. The van der Waals surface area contributed by atoms with Crippen LogP contribution in [0.4, 0.5) is 5.69 Å². The van der Waals surface area contributed by atoms with Crippen LogP contribution in [0.5, 0.6) is 0 Å². The Labute approximate surface area is 115 Å². The minimum Gasteiger partial charge on any atom is -0.375 e. The Balaban J connectivity index is 2.24. The van der Waals surface area contributed by atoms with E-state index in [1.807, 2.05) is 18.2 Å². The summed E-state index contributed by atoms with van der Waals surface area (Å²) in [6, 6.07) is 8.22. The first-order valence-electron chi connectivity index (χ1n) is 6.52. The molecule has 0 aliphatic carbocycles. The maximum atomic E-state index is 12.1. The lowest BCUT2D eigenvalue weighted by Gasteiger charge is -2.25. The SMILES string of the molecule is C=C(C[C@]1(O)C(=O)Nc2ccccc21)C[Si](C)(C)C. The van der Waals surface area contributed by atoms with Gasteiger partial charge in [-0.05, 0) is 12.1 Å². The zero-order valence-electron chi connectivity index (χ0n) is 11.8. The van der Waals surface area contributed by atoms with Crippen LogP contribution in [0, 0.1) is 0 Å². The van der Waals surface area contributed by atoms with Crippen molar-refractivity contribution in [3.05, 3.63) is 42.0 Å². The number of aliphatic hydroxyl groups is 1. The predicted molar refractivity (Wildman–Crippen MR) is 80.9 cm³/mol. The minimum atomic E-state index is -1.45. The van der Waals surface area contributed by atoms with Gasteiger partial charge in [-0.3, -0.25) is 4.79 Å². The van der Waals surface area contributed by atoms with Crippen LogP contribution in [0.3, 0.4) is 0 Å². The molecule has 0 unspecified atom stereocenters. The lowest BCUT2D eigenvalue weighted by atomic mass is 9.89. The maximum absolute atomic E-state index is 12.1. The molecule has 4 heteroatoms. The van der Waals surface area contributed by atoms with Gasteiger partial charge in [-0.2, -0.15) is 0 Å². The number of hydrogen-bond acceptors (Lipinski definition) is 2. The van der Waals surface area contributed by atoms with E-state index < -0.39 is 13.7 Å². The smallest absolute Gasteiger partial charge is 0.261 e. The van der Waals surface area contributed by atoms with Gasteiger partial charge >= 0.3 is 0 Å². The number of carbonyl (C=O) groups is 1. The van der Waals surface area contributed by atoms with Crippen LogP contribution in [-0.2, 0) is 10.4 Å². The van der Waals surface area contributed by atoms with Crippen molar-refractivity contribution in [3.8, 4) is 0 Å². The molecule has 2 rings (SSSR count). The van der Waals surface area contributed by atoms with E-state index in [4.69, 9.17) is 0 Å². The Hall–Kier alpha value is -1.39. The summed E-state index contributed by atoms with van der Waals surface area (Å²) in [6.07, 6.45) is 0.306. The van der Waals surface area contributed by atoms with Gasteiger partial charge in [0, 0.05) is 25.7 Å². The summed E-state index contributed by atoms with van der Waals surface area (Å²) in [5.74, 6) is -0.342. The van der Waals surface area contributed by atoms with Gasteiger partial charge < -0.3 is 10.4 Å². The molecule has 102 valence electrons. The highest BCUT2D eigenvalue weighted by Crippen LogP contribution is 2.40. The largest absolute Gasteiger partial charge is 0.375 e. The lowest BCUT2D eigenvalue weighted by molar-refractivity contribution is -0.133. The number of para-hydroxylation sites is 1. The second kappa shape index (κ2) is 4.61. The number of benzene rings is 1. The molecular weight excluding hydrogens is 254 g/mol. The molecule has 1 aliphatic rings. The van der Waals surface area contributed by atoms with Crippen LogP contribution in [0.25, 0.3) is 0 Å². The molecule has 1 aromatic rings. The highest BCUT2D eigenvalue weighted by molar-refractivity contribution is 6.76. The summed E-state index contributed by atoms with van der Waals surface area (Å²) in [7, 11) is -1.28. The fourth-order valence-electron chi connectivity index (χ4n) is 2.65. The molecule has 0 saturated carbocycles. The van der Waals surface area contributed by atoms with E-state index in [0.29, 0.717) is 17.7 Å². The molecule has 1 amide bonds. The van der Waals surface area contributed by atoms with Crippen molar-refractivity contribution in [1.29, 1.82) is 0 Å². The molecule has 0 spiro atoms. The summed E-state index contributed by atoms with van der Waals surface area (Å²) in [5, 5.41) is 13.5. The van der Waals surface area contributed by atoms with Gasteiger partial charge in [0.05, 0.1) is 0 Å². The van der Waals surface area contributed by atoms with E-state index in [0.717, 1.165) is 11.6 Å². The molecule has 19 heavy (non-hydrogen) atoms. The molecule has 0 saturated heterocycles. The Morgan fingerprint density at radius 2 is 2.00 bits per heavy atom. The van der Waals surface area contributed by atoms with Crippen molar-refractivity contribution in [2.75, 3.05) is 5.32 Å². The van der Waals surface area contributed by atoms with Gasteiger partial charge in [0.2, 0.25) is 0 Å². The van der Waals surface area contributed by atoms with Crippen molar-refractivity contribution in [2.24, 2.45) is 0 Å². The van der Waals surface area contributed by atoms with E-state index >= 15 is 0 Å². The van der Waals surface area contributed by atoms with Crippen molar-refractivity contribution in [1.82, 2.24) is 0 Å². The number of nitrogens with one attached hydrogen (secondary N) is 1. The topological polar surface area (TPSA) is 49.3 Å². The molecule has 3 nitrogen and oxygen atoms in total. The van der Waals surface area contributed by atoms with E-state index in [-0.39, 0.29) is 5.91 Å². The zero-order valence-corrected chi connectivity index (χ0v) is 12.8. The maximum Gasteiger partial charge on any atom is 0.261 e. The van der Waals surface area contributed by atoms with Crippen LogP contribution in [0.15, 0.2) is 36.4 Å². The number of fused-ring (bicyclic) bond motifs is 1. The molecule has 0 bridgehead atoms. The minimum absolute atomic E-state index is 0.306. The second-order valence-electron chi connectivity index (χ2n) is 6.52. The average Bonchev–Trinajstić information content (AvgIpc) is 2.49. The lowest BCUT2D eigenvalue weighted by Crippen LogP contribution is -2.35. The number of rotatable bonds is 4. The summed E-state index contributed by atoms with van der Waals surface area (Å²) < 4.78 is 0. The Kier molecular flexibility index (Phi) is 3.41. The van der Waals surface area contributed by atoms with E-state index in [1.165, 1.54) is 0 Å². The van der Waals surface area contributed by atoms with Gasteiger partial charge in [-0.15, -0.1) is 6.58 Å². The first-order chi connectivity index (χ1) is 8.72. The molecule has 1 heterocycles. The Bertz CT molecular complexity index is 533. The number of carbonyl (C=O) groups excluding carboxylic acids is 1. The molecule has 1 aromatic carbocycles. The second-order valence-corrected chi connectivity index (χ2v) is 12.0. The van der Waals surface area contributed by atoms with Crippen molar-refractivity contribution in [2.45, 2.75) is 37.7 Å². The third-order valence-electron chi connectivity index (χ3n) is 3.28. The number of hydrogen-bond donors (Lipinski definition) is 2. The van der Waals surface area contributed by atoms with E-state index in [1.54, 1.807) is 6.07 Å². The fourth-order valence-corrected chi connectivity index (χ4v) is 4.28. The van der Waals surface area contributed by atoms with Crippen LogP contribution < -0.4 is 5.32 Å². The third kappa shape index (κ3) is 2.79. The molecule has 0 fully saturated rings. The van der Waals surface area contributed by atoms with Gasteiger partial charge in [-0.25, -0.2) is 0 Å². The van der Waals surface area contributed by atoms with Crippen LogP contribution in [0.2, 0.25) is 25.7 Å². The number of anilines is 1. The fraction of sp³-hybridized carbons (Fsp3) is 0.400. The summed E-state index contributed by atoms with van der Waals surface area (Å²) in [6.45, 7) is 10.8. The molecule has 0 radical (unpaired) electrons. The number of amides is 1. The van der Waals surface area contributed by atoms with Crippen molar-refractivity contribution < 1.29 is 9.90 Å². The monoisotopic (exact) mass is 275 g/mol. The van der Waals surface area contributed by atoms with Gasteiger partial charge in [0.25, 0.3) is 5.91 Å². The Morgan fingerprint density at radius 3 is 2.63 bits per heavy atom. The molecule has 2 N–H and O–H groups in total. The molecule has 1 atom stereocenters. The molecule has 1 aliphatic heterocycles. The van der Waals surface area contributed by atoms with E-state index in [2.05, 4.69) is 31.5 Å². The van der Waals surface area contributed by atoms with Gasteiger partial charge in [-0.1, -0.05) is 43.4 Å². The summed E-state index contributed by atoms with van der Waals surface area (Å²) in [4.78, 5) is 12.1. The molecule has 0 aromatic heterocycles. The highest BCUT2D eigenvalue weighted by Gasteiger charge is 2.45. The normalized spacial score (nSPS) is 22.0. The molecular formula is C15H21NO2Si. The van der Waals surface area contributed by atoms with Crippen LogP contribution in [0.1, 0.15) is 12.0 Å². The van der Waals surface area contributed by atoms with Crippen molar-refractivity contribution >= 4 is 19.7 Å². The van der Waals surface area contributed by atoms with Crippen LogP contribution >= 0.6 is 0 Å². The average molecular weight is 275 g/mol. The first-order valence-corrected chi connectivity index (χ1v) is 10.2. The summed E-state index contributed by atoms with van der Waals surface area (Å²) in [5.41, 5.74) is 0.869. The van der Waals surface area contributed by atoms with Gasteiger partial charge in [0.1, 0.15) is 0 Å². The van der Waals surface area contributed by atoms with E-state index in [9.17, 15) is 9.90 Å². The van der Waals surface area contributed by atoms with Crippen molar-refractivity contribution in [3.63, 3.8) is 0 Å². The van der Waals surface area contributed by atoms with Gasteiger partial charge in [0.15, 0.2) is 5.60 Å². The predicted octanol–water partition coefficient (Wildman–Crippen LogP) is 3.11. The van der Waals surface area contributed by atoms with Crippen LogP contribution in [-0.4, -0.2) is 19.1 Å². The quantitative estimate of drug-likeness (QED) is 0.655. The zero-order chi connectivity index (χ0) is 14.3. The Morgan fingerprint density at radius 1 is 1.37 bits per heavy atom.